The van der Waals surface area contributed by atoms with Gasteiger partial charge in [-0.3, -0.25) is 4.79 Å². The number of carbonyl (C=O) groups is 1. The summed E-state index contributed by atoms with van der Waals surface area (Å²) in [5, 5.41) is 13.7. The number of benzene rings is 3. The minimum Gasteiger partial charge on any atom is -0.503 e. The minimum atomic E-state index is -0.437. The van der Waals surface area contributed by atoms with Crippen molar-refractivity contribution in [3.05, 3.63) is 88.4 Å². The quantitative estimate of drug-likeness (QED) is 0.632. The maximum Gasteiger partial charge on any atom is 0.257 e. The number of phenolic OH excluding ortho intramolecular Hbond substituents is 1. The number of nitrogens with one attached hydrogen (secondary N) is 1. The fraction of sp³-hybridized carbons (Fsp3) is 0.174. The molecule has 1 aliphatic heterocycles. The lowest BCUT2D eigenvalue weighted by atomic mass is 10.0. The fourth-order valence-corrected chi connectivity index (χ4v) is 3.81. The molecule has 0 bridgehead atoms. The molecule has 3 aromatic carbocycles. The summed E-state index contributed by atoms with van der Waals surface area (Å²) in [7, 11) is 1.47. The molecule has 4 rings (SSSR count). The second-order valence-corrected chi connectivity index (χ2v) is 7.29. The molecule has 5 nitrogen and oxygen atoms in total. The number of fused-ring (bicyclic) bond motifs is 1. The maximum atomic E-state index is 13.3. The predicted octanol–water partition coefficient (Wildman–Crippen LogP) is 4.86. The zero-order chi connectivity index (χ0) is 20.4. The first-order valence-corrected chi connectivity index (χ1v) is 9.73. The summed E-state index contributed by atoms with van der Waals surface area (Å²) in [5.74, 6) is 0.100. The molecule has 0 saturated heterocycles. The van der Waals surface area contributed by atoms with Gasteiger partial charge >= 0.3 is 0 Å². The largest absolute Gasteiger partial charge is 0.503 e. The van der Waals surface area contributed by atoms with Gasteiger partial charge in [-0.05, 0) is 36.2 Å². The van der Waals surface area contributed by atoms with Crippen LogP contribution in [0.5, 0.6) is 11.5 Å². The summed E-state index contributed by atoms with van der Waals surface area (Å²) in [5.41, 5.74) is 3.29. The Morgan fingerprint density at radius 2 is 1.83 bits per heavy atom. The molecule has 148 valence electrons. The van der Waals surface area contributed by atoms with Gasteiger partial charge in [0.2, 0.25) is 0 Å². The Labute approximate surface area is 174 Å². The highest BCUT2D eigenvalue weighted by molar-refractivity contribution is 6.32. The van der Waals surface area contributed by atoms with Crippen molar-refractivity contribution in [1.82, 2.24) is 4.90 Å². The number of hydrogen-bond donors (Lipinski definition) is 2. The smallest absolute Gasteiger partial charge is 0.257 e. The molecule has 1 aliphatic rings. The van der Waals surface area contributed by atoms with E-state index in [4.69, 9.17) is 16.3 Å². The molecule has 0 radical (unpaired) electrons. The van der Waals surface area contributed by atoms with E-state index < -0.39 is 6.17 Å². The number of methoxy groups -OCH3 is 1. The summed E-state index contributed by atoms with van der Waals surface area (Å²) in [6, 6.07) is 20.9. The highest BCUT2D eigenvalue weighted by atomic mass is 35.5. The Morgan fingerprint density at radius 1 is 1.10 bits per heavy atom. The van der Waals surface area contributed by atoms with E-state index in [0.717, 1.165) is 23.2 Å². The van der Waals surface area contributed by atoms with Crippen LogP contribution in [0.25, 0.3) is 0 Å². The number of nitrogens with zero attached hydrogens (tertiary/aromatic N) is 1. The van der Waals surface area contributed by atoms with E-state index in [0.29, 0.717) is 12.1 Å². The van der Waals surface area contributed by atoms with Crippen LogP contribution < -0.4 is 10.1 Å². The van der Waals surface area contributed by atoms with Gasteiger partial charge < -0.3 is 20.1 Å². The Kier molecular flexibility index (Phi) is 5.32. The van der Waals surface area contributed by atoms with Crippen LogP contribution in [-0.2, 0) is 6.42 Å². The number of carbonyl (C=O) groups excluding carboxylic acids is 1. The monoisotopic (exact) mass is 408 g/mol. The molecular weight excluding hydrogens is 388 g/mol. The van der Waals surface area contributed by atoms with Crippen molar-refractivity contribution in [3.63, 3.8) is 0 Å². The van der Waals surface area contributed by atoms with Crippen LogP contribution in [0.15, 0.2) is 66.7 Å². The summed E-state index contributed by atoms with van der Waals surface area (Å²) in [6.07, 6.45) is 0.281. The topological polar surface area (TPSA) is 61.8 Å². The van der Waals surface area contributed by atoms with Crippen molar-refractivity contribution in [2.75, 3.05) is 19.0 Å². The van der Waals surface area contributed by atoms with Crippen LogP contribution in [0.4, 0.5) is 5.69 Å². The van der Waals surface area contributed by atoms with Gasteiger partial charge in [-0.1, -0.05) is 54.1 Å². The van der Waals surface area contributed by atoms with Crippen molar-refractivity contribution in [1.29, 1.82) is 0 Å². The first-order chi connectivity index (χ1) is 14.1. The third-order valence-electron chi connectivity index (χ3n) is 5.09. The standard InChI is InChI=1S/C23H21ClN2O3/c1-29-20-14-16(13-18(24)21(20)27)22-25-19-10-6-5-9-17(19)23(28)26(22)12-11-15-7-3-2-4-8-15/h2-10,13-14,22,25,27H,11-12H2,1H3/t22-/m1/s1. The van der Waals surface area contributed by atoms with E-state index in [9.17, 15) is 9.90 Å². The fourth-order valence-electron chi connectivity index (χ4n) is 3.59. The average molecular weight is 409 g/mol. The van der Waals surface area contributed by atoms with Gasteiger partial charge in [-0.25, -0.2) is 0 Å². The van der Waals surface area contributed by atoms with Crippen molar-refractivity contribution in [3.8, 4) is 11.5 Å². The van der Waals surface area contributed by atoms with E-state index in [1.165, 1.54) is 7.11 Å². The number of ether oxygens (including phenoxy) is 1. The third-order valence-corrected chi connectivity index (χ3v) is 5.38. The number of amides is 1. The number of para-hydroxylation sites is 1. The van der Waals surface area contributed by atoms with Crippen molar-refractivity contribution >= 4 is 23.2 Å². The van der Waals surface area contributed by atoms with Gasteiger partial charge in [0.1, 0.15) is 6.17 Å². The molecule has 0 aromatic heterocycles. The van der Waals surface area contributed by atoms with E-state index in [2.05, 4.69) is 5.32 Å². The number of halogens is 1. The molecule has 0 spiro atoms. The zero-order valence-corrected chi connectivity index (χ0v) is 16.7. The lowest BCUT2D eigenvalue weighted by molar-refractivity contribution is 0.0685. The first-order valence-electron chi connectivity index (χ1n) is 9.35. The van der Waals surface area contributed by atoms with Crippen LogP contribution in [0, 0.1) is 0 Å². The van der Waals surface area contributed by atoms with Gasteiger partial charge in [0.25, 0.3) is 5.91 Å². The highest BCUT2D eigenvalue weighted by Crippen LogP contribution is 2.40. The minimum absolute atomic E-state index is 0.0524. The van der Waals surface area contributed by atoms with Gasteiger partial charge in [0.05, 0.1) is 17.7 Å². The van der Waals surface area contributed by atoms with Gasteiger partial charge in [0, 0.05) is 17.8 Å². The lowest BCUT2D eigenvalue weighted by Gasteiger charge is -2.38. The highest BCUT2D eigenvalue weighted by Gasteiger charge is 2.33. The third kappa shape index (κ3) is 3.74. The lowest BCUT2D eigenvalue weighted by Crippen LogP contribution is -2.44. The first kappa shape index (κ1) is 19.2. The van der Waals surface area contributed by atoms with Crippen molar-refractivity contribution < 1.29 is 14.6 Å². The Hall–Kier alpha value is -3.18. The van der Waals surface area contributed by atoms with E-state index in [1.54, 1.807) is 17.0 Å². The average Bonchev–Trinajstić information content (AvgIpc) is 2.75. The van der Waals surface area contributed by atoms with E-state index >= 15 is 0 Å². The van der Waals surface area contributed by atoms with Crippen LogP contribution in [0.3, 0.4) is 0 Å². The number of aromatic hydroxyl groups is 1. The Bertz CT molecular complexity index is 1040. The molecule has 6 heteroatoms. The van der Waals surface area contributed by atoms with Crippen molar-refractivity contribution in [2.24, 2.45) is 0 Å². The van der Waals surface area contributed by atoms with E-state index in [-0.39, 0.29) is 22.4 Å². The van der Waals surface area contributed by atoms with Crippen LogP contribution in [0.1, 0.15) is 27.7 Å². The van der Waals surface area contributed by atoms with Gasteiger partial charge in [-0.15, -0.1) is 0 Å². The predicted molar refractivity (Wildman–Crippen MR) is 114 cm³/mol. The summed E-state index contributed by atoms with van der Waals surface area (Å²) in [6.45, 7) is 0.523. The van der Waals surface area contributed by atoms with Crippen LogP contribution >= 0.6 is 11.6 Å². The zero-order valence-electron chi connectivity index (χ0n) is 15.9. The molecule has 0 fully saturated rings. The number of phenols is 1. The Balaban J connectivity index is 1.73. The second-order valence-electron chi connectivity index (χ2n) is 6.88. The SMILES string of the molecule is COc1cc([C@@H]2Nc3ccccc3C(=O)N2CCc2ccccc2)cc(Cl)c1O. The number of rotatable bonds is 5. The second kappa shape index (κ2) is 8.05. The molecule has 0 saturated carbocycles. The Morgan fingerprint density at radius 3 is 2.59 bits per heavy atom. The van der Waals surface area contributed by atoms with Gasteiger partial charge in [-0.2, -0.15) is 0 Å². The summed E-state index contributed by atoms with van der Waals surface area (Å²) < 4.78 is 5.25. The normalized spacial score (nSPS) is 15.6. The molecule has 0 aliphatic carbocycles. The van der Waals surface area contributed by atoms with Gasteiger partial charge in [0.15, 0.2) is 11.5 Å². The molecule has 1 heterocycles. The molecule has 1 amide bonds. The molecule has 2 N–H and O–H groups in total. The summed E-state index contributed by atoms with van der Waals surface area (Å²) in [4.78, 5) is 15.1. The molecule has 29 heavy (non-hydrogen) atoms. The molecule has 3 aromatic rings. The number of anilines is 1. The maximum absolute atomic E-state index is 13.3. The van der Waals surface area contributed by atoms with Crippen molar-refractivity contribution in [2.45, 2.75) is 12.6 Å². The van der Waals surface area contributed by atoms with Crippen LogP contribution in [-0.4, -0.2) is 29.6 Å². The van der Waals surface area contributed by atoms with Crippen LogP contribution in [0.2, 0.25) is 5.02 Å². The molecular formula is C23H21ClN2O3. The number of hydrogen-bond acceptors (Lipinski definition) is 4. The van der Waals surface area contributed by atoms with E-state index in [1.807, 2.05) is 54.6 Å². The molecule has 1 atom stereocenters. The molecule has 0 unspecified atom stereocenters. The summed E-state index contributed by atoms with van der Waals surface area (Å²) >= 11 is 6.21.